The molecule has 0 amide bonds. The molecule has 6 heteroatoms. The number of nitrogens with one attached hydrogen (secondary N) is 1. The molecule has 0 fully saturated rings. The zero-order chi connectivity index (χ0) is 15.2. The van der Waals surface area contributed by atoms with Gasteiger partial charge < -0.3 is 15.1 Å². The number of hydrogen-bond donors (Lipinski definition) is 2. The molecule has 3 N–H and O–H groups in total. The molecule has 0 unspecified atom stereocenters. The van der Waals surface area contributed by atoms with Gasteiger partial charge >= 0.3 is 0 Å². The highest BCUT2D eigenvalue weighted by molar-refractivity contribution is 5.49. The summed E-state index contributed by atoms with van der Waals surface area (Å²) in [4.78, 5) is 11.3. The lowest BCUT2D eigenvalue weighted by molar-refractivity contribution is 0.154. The van der Waals surface area contributed by atoms with E-state index in [1.165, 1.54) is 0 Å². The topological polar surface area (TPSA) is 76.3 Å². The Morgan fingerprint density at radius 2 is 2.00 bits per heavy atom. The molecule has 114 valence electrons. The lowest BCUT2D eigenvalue weighted by Gasteiger charge is -2.25. The van der Waals surface area contributed by atoms with Crippen LogP contribution in [0.3, 0.4) is 0 Å². The average Bonchev–Trinajstić information content (AvgIpc) is 2.42. The van der Waals surface area contributed by atoms with E-state index < -0.39 is 0 Å². The van der Waals surface area contributed by atoms with Crippen molar-refractivity contribution in [2.45, 2.75) is 40.0 Å². The quantitative estimate of drug-likeness (QED) is 0.452. The fraction of sp³-hybridized carbons (Fsp3) is 0.714. The molecule has 0 aliphatic carbocycles. The van der Waals surface area contributed by atoms with Crippen LogP contribution in [0.1, 0.15) is 40.4 Å². The molecular formula is C14H27N5O. The van der Waals surface area contributed by atoms with Crippen molar-refractivity contribution in [2.24, 2.45) is 5.84 Å². The van der Waals surface area contributed by atoms with Crippen molar-refractivity contribution in [1.82, 2.24) is 9.97 Å². The molecule has 0 aliphatic rings. The van der Waals surface area contributed by atoms with Crippen LogP contribution in [0.15, 0.2) is 6.07 Å². The smallest absolute Gasteiger partial charge is 0.145 e. The number of hydrogen-bond acceptors (Lipinski definition) is 6. The summed E-state index contributed by atoms with van der Waals surface area (Å²) in [7, 11) is 0. The Labute approximate surface area is 121 Å². The lowest BCUT2D eigenvalue weighted by atomic mass is 9.96. The highest BCUT2D eigenvalue weighted by atomic mass is 16.5. The monoisotopic (exact) mass is 281 g/mol. The Morgan fingerprint density at radius 1 is 1.30 bits per heavy atom. The summed E-state index contributed by atoms with van der Waals surface area (Å²) in [6.07, 6.45) is 0. The number of nitrogens with zero attached hydrogens (tertiary/aromatic N) is 3. The van der Waals surface area contributed by atoms with Gasteiger partial charge in [-0.2, -0.15) is 0 Å². The Morgan fingerprint density at radius 3 is 2.50 bits per heavy atom. The largest absolute Gasteiger partial charge is 0.380 e. The van der Waals surface area contributed by atoms with Crippen LogP contribution in [0.5, 0.6) is 0 Å². The van der Waals surface area contributed by atoms with Gasteiger partial charge in [0.25, 0.3) is 0 Å². The highest BCUT2D eigenvalue weighted by Crippen LogP contribution is 2.23. The molecule has 20 heavy (non-hydrogen) atoms. The number of rotatable bonds is 7. The molecular weight excluding hydrogens is 254 g/mol. The summed E-state index contributed by atoms with van der Waals surface area (Å²) < 4.78 is 5.42. The first-order chi connectivity index (χ1) is 9.42. The number of nitrogens with two attached hydrogens (primary N) is 1. The number of nitrogen functional groups attached to an aromatic ring is 1. The molecule has 1 rings (SSSR count). The maximum atomic E-state index is 5.51. The second-order valence-corrected chi connectivity index (χ2v) is 5.61. The van der Waals surface area contributed by atoms with Gasteiger partial charge in [0.1, 0.15) is 17.5 Å². The van der Waals surface area contributed by atoms with E-state index >= 15 is 0 Å². The number of likely N-dealkylation sites (N-methyl/N-ethyl adjacent to an activating group) is 1. The maximum Gasteiger partial charge on any atom is 0.145 e. The molecule has 0 aliphatic heterocycles. The van der Waals surface area contributed by atoms with Gasteiger partial charge in [-0.1, -0.05) is 20.8 Å². The SMILES string of the molecule is CCOCCN(CC)c1cc(NN)nc(C(C)(C)C)n1. The zero-order valence-corrected chi connectivity index (χ0v) is 13.2. The standard InChI is InChI=1S/C14H27N5O/c1-6-19(8-9-20-7-2)12-10-11(18-15)16-13(17-12)14(3,4)5/h10H,6-9,15H2,1-5H3,(H,16,17,18). The maximum absolute atomic E-state index is 5.51. The number of hydrazine groups is 1. The van der Waals surface area contributed by atoms with E-state index in [1.807, 2.05) is 13.0 Å². The van der Waals surface area contributed by atoms with E-state index in [4.69, 9.17) is 10.6 Å². The number of ether oxygens (including phenoxy) is 1. The van der Waals surface area contributed by atoms with Crippen LogP contribution >= 0.6 is 0 Å². The summed E-state index contributed by atoms with van der Waals surface area (Å²) in [5, 5.41) is 0. The first kappa shape index (κ1) is 16.7. The average molecular weight is 281 g/mol. The second kappa shape index (κ2) is 7.40. The predicted octanol–water partition coefficient (Wildman–Crippen LogP) is 1.92. The third-order valence-electron chi connectivity index (χ3n) is 2.95. The van der Waals surface area contributed by atoms with E-state index in [0.29, 0.717) is 12.4 Å². The molecule has 0 spiro atoms. The van der Waals surface area contributed by atoms with E-state index in [0.717, 1.165) is 31.3 Å². The van der Waals surface area contributed by atoms with Crippen molar-refractivity contribution in [3.63, 3.8) is 0 Å². The summed E-state index contributed by atoms with van der Waals surface area (Å²) >= 11 is 0. The fourth-order valence-electron chi connectivity index (χ4n) is 1.76. The Kier molecular flexibility index (Phi) is 6.16. The third-order valence-corrected chi connectivity index (χ3v) is 2.95. The fourth-order valence-corrected chi connectivity index (χ4v) is 1.76. The van der Waals surface area contributed by atoms with E-state index in [9.17, 15) is 0 Å². The van der Waals surface area contributed by atoms with Gasteiger partial charge in [-0.15, -0.1) is 0 Å². The molecule has 0 radical (unpaired) electrons. The third kappa shape index (κ3) is 4.61. The van der Waals surface area contributed by atoms with E-state index in [-0.39, 0.29) is 5.41 Å². The molecule has 1 aromatic heterocycles. The Hall–Kier alpha value is -1.40. The summed E-state index contributed by atoms with van der Waals surface area (Å²) in [5.74, 6) is 7.80. The summed E-state index contributed by atoms with van der Waals surface area (Å²) in [6.45, 7) is 13.4. The molecule has 0 atom stereocenters. The van der Waals surface area contributed by atoms with Gasteiger partial charge in [-0.3, -0.25) is 0 Å². The van der Waals surface area contributed by atoms with Gasteiger partial charge in [0, 0.05) is 31.2 Å². The molecule has 0 aromatic carbocycles. The van der Waals surface area contributed by atoms with Crippen molar-refractivity contribution in [2.75, 3.05) is 36.6 Å². The zero-order valence-electron chi connectivity index (χ0n) is 13.2. The summed E-state index contributed by atoms with van der Waals surface area (Å²) in [6, 6.07) is 1.87. The number of anilines is 2. The summed E-state index contributed by atoms with van der Waals surface area (Å²) in [5.41, 5.74) is 2.49. The minimum absolute atomic E-state index is 0.124. The van der Waals surface area contributed by atoms with Crippen LogP contribution in [-0.2, 0) is 10.2 Å². The van der Waals surface area contributed by atoms with Crippen molar-refractivity contribution in [3.8, 4) is 0 Å². The van der Waals surface area contributed by atoms with Crippen molar-refractivity contribution < 1.29 is 4.74 Å². The minimum atomic E-state index is -0.124. The minimum Gasteiger partial charge on any atom is -0.380 e. The predicted molar refractivity (Wildman–Crippen MR) is 82.9 cm³/mol. The van der Waals surface area contributed by atoms with Crippen molar-refractivity contribution in [3.05, 3.63) is 11.9 Å². The van der Waals surface area contributed by atoms with Gasteiger partial charge in [0.2, 0.25) is 0 Å². The van der Waals surface area contributed by atoms with Crippen LogP contribution in [0, 0.1) is 0 Å². The normalized spacial score (nSPS) is 11.5. The molecule has 0 bridgehead atoms. The molecule has 1 heterocycles. The van der Waals surface area contributed by atoms with E-state index in [1.54, 1.807) is 0 Å². The van der Waals surface area contributed by atoms with Gasteiger partial charge in [0.05, 0.1) is 6.61 Å². The van der Waals surface area contributed by atoms with Crippen LogP contribution in [0.4, 0.5) is 11.6 Å². The molecule has 0 saturated heterocycles. The Balaban J connectivity index is 3.02. The van der Waals surface area contributed by atoms with Gasteiger partial charge in [0.15, 0.2) is 0 Å². The first-order valence-corrected chi connectivity index (χ1v) is 7.11. The van der Waals surface area contributed by atoms with Crippen LogP contribution in [0.2, 0.25) is 0 Å². The first-order valence-electron chi connectivity index (χ1n) is 7.11. The molecule has 0 saturated carbocycles. The Bertz CT molecular complexity index is 417. The molecule has 6 nitrogen and oxygen atoms in total. The van der Waals surface area contributed by atoms with Crippen molar-refractivity contribution in [1.29, 1.82) is 0 Å². The van der Waals surface area contributed by atoms with Crippen LogP contribution in [-0.4, -0.2) is 36.3 Å². The second-order valence-electron chi connectivity index (χ2n) is 5.61. The highest BCUT2D eigenvalue weighted by Gasteiger charge is 2.20. The van der Waals surface area contributed by atoms with Gasteiger partial charge in [-0.25, -0.2) is 15.8 Å². The van der Waals surface area contributed by atoms with Gasteiger partial charge in [-0.05, 0) is 13.8 Å². The van der Waals surface area contributed by atoms with Crippen LogP contribution < -0.4 is 16.2 Å². The van der Waals surface area contributed by atoms with Crippen molar-refractivity contribution >= 4 is 11.6 Å². The lowest BCUT2D eigenvalue weighted by Crippen LogP contribution is -2.30. The number of aromatic nitrogens is 2. The van der Waals surface area contributed by atoms with E-state index in [2.05, 4.69) is 48.0 Å². The van der Waals surface area contributed by atoms with Crippen LogP contribution in [0.25, 0.3) is 0 Å². The molecule has 1 aromatic rings.